The number of aromatic amines is 1. The van der Waals surface area contributed by atoms with E-state index >= 15 is 0 Å². The van der Waals surface area contributed by atoms with Crippen LogP contribution in [0.5, 0.6) is 5.75 Å². The van der Waals surface area contributed by atoms with Crippen molar-refractivity contribution in [2.75, 3.05) is 10.6 Å². The van der Waals surface area contributed by atoms with Crippen LogP contribution in [0.1, 0.15) is 34.8 Å². The molecular weight excluding hydrogens is 378 g/mol. The molecule has 2 aromatic heterocycles. The maximum atomic E-state index is 12.3. The molecule has 7 heteroatoms. The molecular formula is C23H29N5O2. The van der Waals surface area contributed by atoms with E-state index in [0.29, 0.717) is 29.3 Å². The zero-order valence-corrected chi connectivity index (χ0v) is 16.5. The fraction of sp³-hybridized carbons (Fsp3) is 0.174. The third-order valence-electron chi connectivity index (χ3n) is 4.91. The molecule has 0 spiro atoms. The summed E-state index contributed by atoms with van der Waals surface area (Å²) >= 11 is 0. The number of hydrogen-bond acceptors (Lipinski definition) is 6. The molecule has 158 valence electrons. The second-order valence-electron chi connectivity index (χ2n) is 7.00. The maximum Gasteiger partial charge on any atom is 0.272 e. The van der Waals surface area contributed by atoms with E-state index in [1.165, 1.54) is 6.42 Å². The van der Waals surface area contributed by atoms with Gasteiger partial charge in [0.25, 0.3) is 5.56 Å². The molecule has 7 nitrogen and oxygen atoms in total. The van der Waals surface area contributed by atoms with Crippen LogP contribution >= 0.6 is 0 Å². The Labute approximate surface area is 179 Å². The van der Waals surface area contributed by atoms with Gasteiger partial charge in [0.05, 0.1) is 6.10 Å². The molecule has 1 saturated carbocycles. The van der Waals surface area contributed by atoms with Gasteiger partial charge in [-0.2, -0.15) is 4.98 Å². The molecule has 0 amide bonds. The highest BCUT2D eigenvalue weighted by Gasteiger charge is 2.18. The van der Waals surface area contributed by atoms with E-state index in [4.69, 9.17) is 4.74 Å². The Morgan fingerprint density at radius 2 is 1.93 bits per heavy atom. The summed E-state index contributed by atoms with van der Waals surface area (Å²) in [6.07, 6.45) is 8.70. The van der Waals surface area contributed by atoms with Gasteiger partial charge in [0.2, 0.25) is 5.95 Å². The number of ether oxygens (including phenoxy) is 1. The van der Waals surface area contributed by atoms with Crippen molar-refractivity contribution in [1.82, 2.24) is 15.0 Å². The molecule has 4 rings (SSSR count). The normalized spacial score (nSPS) is 13.2. The number of H-pyrrole nitrogens is 1. The van der Waals surface area contributed by atoms with Crippen molar-refractivity contribution in [1.29, 1.82) is 0 Å². The molecule has 1 aliphatic carbocycles. The van der Waals surface area contributed by atoms with Gasteiger partial charge in [0.1, 0.15) is 17.3 Å². The first kappa shape index (κ1) is 19.4. The number of rotatable bonds is 8. The topological polar surface area (TPSA) is 91.9 Å². The lowest BCUT2D eigenvalue weighted by molar-refractivity contribution is 0.120. The highest BCUT2D eigenvalue weighted by molar-refractivity contribution is 5.67. The van der Waals surface area contributed by atoms with Crippen molar-refractivity contribution in [2.45, 2.75) is 25.4 Å². The summed E-state index contributed by atoms with van der Waals surface area (Å²) in [7, 11) is 0. The molecule has 3 aromatic rings. The quantitative estimate of drug-likeness (QED) is 0.450. The Bertz CT molecular complexity index is 1130. The lowest BCUT2D eigenvalue weighted by atomic mass is 9.96. The number of aromatic nitrogens is 3. The second-order valence-corrected chi connectivity index (χ2v) is 7.00. The van der Waals surface area contributed by atoms with Crippen LogP contribution in [0, 0.1) is 0 Å². The Morgan fingerprint density at radius 3 is 2.60 bits per heavy atom. The first-order valence-electron chi connectivity index (χ1n) is 9.80. The van der Waals surface area contributed by atoms with Gasteiger partial charge in [0, 0.05) is 21.9 Å². The third kappa shape index (κ3) is 4.41. The molecule has 0 aliphatic heterocycles. The van der Waals surface area contributed by atoms with Gasteiger partial charge in [-0.15, -0.1) is 0 Å². The van der Waals surface area contributed by atoms with Gasteiger partial charge in [-0.3, -0.25) is 4.79 Å². The van der Waals surface area contributed by atoms with Crippen LogP contribution in [0.25, 0.3) is 12.2 Å². The molecule has 0 unspecified atom stereocenters. The van der Waals surface area contributed by atoms with E-state index in [1.54, 1.807) is 30.5 Å². The van der Waals surface area contributed by atoms with Gasteiger partial charge < -0.3 is 20.4 Å². The Morgan fingerprint density at radius 1 is 1.13 bits per heavy atom. The number of nitrogens with zero attached hydrogens (tertiary/aromatic N) is 2. The first-order chi connectivity index (χ1) is 14.6. The van der Waals surface area contributed by atoms with Crippen LogP contribution < -0.4 is 20.9 Å². The fourth-order valence-electron chi connectivity index (χ4n) is 3.04. The molecule has 1 aliphatic rings. The Kier molecular flexibility index (Phi) is 5.61. The zero-order valence-electron chi connectivity index (χ0n) is 16.5. The summed E-state index contributed by atoms with van der Waals surface area (Å²) in [6, 6.07) is 11.1. The van der Waals surface area contributed by atoms with Gasteiger partial charge in [-0.25, -0.2) is 4.98 Å². The average molecular weight is 408 g/mol. The summed E-state index contributed by atoms with van der Waals surface area (Å²) in [6.45, 7) is 7.46. The van der Waals surface area contributed by atoms with Gasteiger partial charge in [0.15, 0.2) is 0 Å². The molecule has 30 heavy (non-hydrogen) atoms. The van der Waals surface area contributed by atoms with Gasteiger partial charge in [-0.05, 0) is 67.3 Å². The molecule has 0 radical (unpaired) electrons. The minimum atomic E-state index is -0.273. The Hall–Kier alpha value is -3.87. The van der Waals surface area contributed by atoms with E-state index in [1.807, 2.05) is 24.3 Å². The maximum absolute atomic E-state index is 12.3. The lowest BCUT2D eigenvalue weighted by Gasteiger charge is -2.26. The monoisotopic (exact) mass is 407 g/mol. The number of anilines is 4. The summed E-state index contributed by atoms with van der Waals surface area (Å²) < 4.78 is 5.87. The summed E-state index contributed by atoms with van der Waals surface area (Å²) in [4.78, 5) is 23.8. The van der Waals surface area contributed by atoms with Crippen LogP contribution in [0.3, 0.4) is 0 Å². The summed E-state index contributed by atoms with van der Waals surface area (Å²) in [5.41, 5.74) is 2.32. The van der Waals surface area contributed by atoms with Gasteiger partial charge in [-0.1, -0.05) is 19.2 Å². The summed E-state index contributed by atoms with van der Waals surface area (Å²) in [5.74, 6) is 1.77. The van der Waals surface area contributed by atoms with E-state index in [-0.39, 0.29) is 9.84 Å². The van der Waals surface area contributed by atoms with Crippen LogP contribution in [-0.2, 0) is 0 Å². The highest BCUT2D eigenvalue weighted by Crippen LogP contribution is 2.26. The van der Waals surface area contributed by atoms with E-state index < -0.39 is 0 Å². The summed E-state index contributed by atoms with van der Waals surface area (Å²) in [5, 5.41) is 6.19. The molecule has 3 N–H and O–H groups in total. The van der Waals surface area contributed by atoms with Crippen molar-refractivity contribution in [3.63, 3.8) is 0 Å². The fourth-order valence-corrected chi connectivity index (χ4v) is 3.04. The standard InChI is InChI=1S/C23H23N5O2.3H2/c1-3-15-14-20(22(29)27-19(15)4-2)26-21-12-13-24-23(28-21)25-16-8-10-18(11-9-16)30-17-6-5-7-17;;;/h3-4,8-14,17H,1-2,5-7H2,(H,27,29)(H2,24,25,26,28);3*1H. The highest BCUT2D eigenvalue weighted by atomic mass is 16.5. The number of nitrogens with one attached hydrogen (secondary N) is 3. The SMILES string of the molecule is C=Cc1cc(Nc2ccnc(Nc3ccc(OC4CCC4)cc3)n2)c(=O)[nH]c1C=C.[HH].[HH].[HH]. The predicted octanol–water partition coefficient (Wildman–Crippen LogP) is 5.61. The average Bonchev–Trinajstić information content (AvgIpc) is 2.73. The third-order valence-corrected chi connectivity index (χ3v) is 4.91. The van der Waals surface area contributed by atoms with Crippen molar-refractivity contribution in [3.05, 3.63) is 77.4 Å². The number of benzene rings is 1. The van der Waals surface area contributed by atoms with Crippen molar-refractivity contribution < 1.29 is 9.02 Å². The molecule has 1 fully saturated rings. The van der Waals surface area contributed by atoms with E-state index in [0.717, 1.165) is 29.8 Å². The van der Waals surface area contributed by atoms with Crippen LogP contribution in [0.2, 0.25) is 0 Å². The molecule has 0 bridgehead atoms. The molecule has 1 aromatic carbocycles. The van der Waals surface area contributed by atoms with E-state index in [2.05, 4.69) is 38.7 Å². The number of pyridine rings is 1. The first-order valence-corrected chi connectivity index (χ1v) is 9.80. The minimum absolute atomic E-state index is 0. The number of hydrogen-bond donors (Lipinski definition) is 3. The van der Waals surface area contributed by atoms with Crippen LogP contribution in [0.15, 0.2) is 60.5 Å². The second kappa shape index (κ2) is 8.65. The lowest BCUT2D eigenvalue weighted by Crippen LogP contribution is -2.24. The Balaban J connectivity index is 0.00000181. The largest absolute Gasteiger partial charge is 0.490 e. The van der Waals surface area contributed by atoms with Crippen molar-refractivity contribution in [2.24, 2.45) is 0 Å². The molecule has 2 heterocycles. The van der Waals surface area contributed by atoms with Crippen LogP contribution in [0.4, 0.5) is 23.1 Å². The zero-order chi connectivity index (χ0) is 20.9. The van der Waals surface area contributed by atoms with Gasteiger partial charge >= 0.3 is 0 Å². The smallest absolute Gasteiger partial charge is 0.272 e. The van der Waals surface area contributed by atoms with Crippen molar-refractivity contribution >= 4 is 35.3 Å². The van der Waals surface area contributed by atoms with Crippen LogP contribution in [-0.4, -0.2) is 21.1 Å². The van der Waals surface area contributed by atoms with Crippen molar-refractivity contribution in [3.8, 4) is 5.75 Å². The molecule has 0 atom stereocenters. The molecule has 0 saturated heterocycles. The predicted molar refractivity (Wildman–Crippen MR) is 127 cm³/mol. The minimum Gasteiger partial charge on any atom is -0.490 e. The van der Waals surface area contributed by atoms with E-state index in [9.17, 15) is 4.79 Å².